The van der Waals surface area contributed by atoms with Crippen molar-refractivity contribution in [1.82, 2.24) is 5.32 Å². The lowest BCUT2D eigenvalue weighted by Gasteiger charge is -2.34. The number of rotatable bonds is 6. The molecule has 21 heavy (non-hydrogen) atoms. The molecule has 4 heteroatoms. The number of benzene rings is 1. The summed E-state index contributed by atoms with van der Waals surface area (Å²) in [5.41, 5.74) is 1.20. The van der Waals surface area contributed by atoms with E-state index in [-0.39, 0.29) is 0 Å². The summed E-state index contributed by atoms with van der Waals surface area (Å²) in [5, 5.41) is 3.51. The summed E-state index contributed by atoms with van der Waals surface area (Å²) in [7, 11) is 5.10. The van der Waals surface area contributed by atoms with Crippen molar-refractivity contribution >= 4 is 0 Å². The number of hydrogen-bond acceptors (Lipinski definition) is 4. The molecule has 1 fully saturated rings. The molecular weight excluding hydrogens is 266 g/mol. The normalized spacial score (nSPS) is 21.9. The van der Waals surface area contributed by atoms with Crippen molar-refractivity contribution in [3.8, 4) is 17.2 Å². The first-order chi connectivity index (χ1) is 10.2. The van der Waals surface area contributed by atoms with Crippen LogP contribution in [-0.2, 0) is 0 Å². The van der Waals surface area contributed by atoms with Crippen LogP contribution in [0.3, 0.4) is 0 Å². The second-order valence-corrected chi connectivity index (χ2v) is 5.59. The fourth-order valence-electron chi connectivity index (χ4n) is 3.38. The Morgan fingerprint density at radius 1 is 1.10 bits per heavy atom. The third-order valence-corrected chi connectivity index (χ3v) is 4.39. The lowest BCUT2D eigenvalue weighted by atomic mass is 9.78. The van der Waals surface area contributed by atoms with Gasteiger partial charge in [0.1, 0.15) is 17.2 Å². The second-order valence-electron chi connectivity index (χ2n) is 5.59. The van der Waals surface area contributed by atoms with Crippen LogP contribution >= 0.6 is 0 Å². The Morgan fingerprint density at radius 3 is 2.29 bits per heavy atom. The van der Waals surface area contributed by atoms with Crippen molar-refractivity contribution in [3.63, 3.8) is 0 Å². The van der Waals surface area contributed by atoms with Gasteiger partial charge in [-0.25, -0.2) is 0 Å². The van der Waals surface area contributed by atoms with E-state index in [4.69, 9.17) is 14.2 Å². The van der Waals surface area contributed by atoms with Gasteiger partial charge < -0.3 is 19.5 Å². The molecule has 0 aliphatic carbocycles. The number of ether oxygens (including phenoxy) is 3. The summed E-state index contributed by atoms with van der Waals surface area (Å²) in [4.78, 5) is 0. The number of piperidine rings is 1. The van der Waals surface area contributed by atoms with E-state index in [1.54, 1.807) is 21.3 Å². The van der Waals surface area contributed by atoms with Gasteiger partial charge in [-0.3, -0.25) is 0 Å². The van der Waals surface area contributed by atoms with E-state index in [1.165, 1.54) is 18.4 Å². The molecule has 0 spiro atoms. The Bertz CT molecular complexity index is 434. The van der Waals surface area contributed by atoms with Crippen LogP contribution in [0.5, 0.6) is 17.2 Å². The number of hydrogen-bond donors (Lipinski definition) is 1. The summed E-state index contributed by atoms with van der Waals surface area (Å²) in [6, 6.07) is 3.92. The molecule has 1 aliphatic rings. The van der Waals surface area contributed by atoms with E-state index >= 15 is 0 Å². The van der Waals surface area contributed by atoms with Gasteiger partial charge in [0.05, 0.1) is 21.3 Å². The zero-order chi connectivity index (χ0) is 15.2. The average molecular weight is 293 g/mol. The first-order valence-corrected chi connectivity index (χ1v) is 7.75. The van der Waals surface area contributed by atoms with Gasteiger partial charge in [-0.2, -0.15) is 0 Å². The summed E-state index contributed by atoms with van der Waals surface area (Å²) in [5.74, 6) is 3.62. The zero-order valence-electron chi connectivity index (χ0n) is 13.6. The first kappa shape index (κ1) is 16.0. The van der Waals surface area contributed by atoms with Gasteiger partial charge in [0.25, 0.3) is 0 Å². The molecule has 0 radical (unpaired) electrons. The molecule has 1 aromatic rings. The van der Waals surface area contributed by atoms with Crippen molar-refractivity contribution in [2.24, 2.45) is 5.92 Å². The molecule has 2 atom stereocenters. The smallest absolute Gasteiger partial charge is 0.129 e. The van der Waals surface area contributed by atoms with Crippen molar-refractivity contribution in [2.75, 3.05) is 34.4 Å². The molecule has 1 N–H and O–H groups in total. The molecule has 1 saturated heterocycles. The van der Waals surface area contributed by atoms with Gasteiger partial charge in [0.2, 0.25) is 0 Å². The quantitative estimate of drug-likeness (QED) is 0.874. The van der Waals surface area contributed by atoms with Gasteiger partial charge in [-0.15, -0.1) is 0 Å². The number of nitrogens with one attached hydrogen (secondary N) is 1. The minimum Gasteiger partial charge on any atom is -0.496 e. The maximum Gasteiger partial charge on any atom is 0.129 e. The summed E-state index contributed by atoms with van der Waals surface area (Å²) < 4.78 is 16.6. The Labute approximate surface area is 127 Å². The van der Waals surface area contributed by atoms with Crippen LogP contribution in [0.25, 0.3) is 0 Å². The minimum atomic E-state index is 0.474. The lowest BCUT2D eigenvalue weighted by molar-refractivity contribution is 0.286. The Kier molecular flexibility index (Phi) is 5.74. The molecule has 118 valence electrons. The Morgan fingerprint density at radius 2 is 1.76 bits per heavy atom. The fourth-order valence-corrected chi connectivity index (χ4v) is 3.38. The van der Waals surface area contributed by atoms with Gasteiger partial charge in [-0.1, -0.05) is 13.3 Å². The SMILES string of the molecule is CCCC1CNCCC1c1c(OC)cc(OC)cc1OC. The van der Waals surface area contributed by atoms with Crippen LogP contribution in [-0.4, -0.2) is 34.4 Å². The fraction of sp³-hybridized carbons (Fsp3) is 0.647. The molecule has 0 amide bonds. The third kappa shape index (κ3) is 3.43. The third-order valence-electron chi connectivity index (χ3n) is 4.39. The molecule has 2 unspecified atom stereocenters. The molecule has 0 saturated carbocycles. The van der Waals surface area contributed by atoms with Crippen LogP contribution in [0.15, 0.2) is 12.1 Å². The maximum absolute atomic E-state index is 5.63. The Balaban J connectivity index is 2.43. The van der Waals surface area contributed by atoms with Gasteiger partial charge >= 0.3 is 0 Å². The average Bonchev–Trinajstić information content (AvgIpc) is 2.54. The van der Waals surface area contributed by atoms with E-state index in [0.717, 1.165) is 36.8 Å². The highest BCUT2D eigenvalue weighted by atomic mass is 16.5. The highest BCUT2D eigenvalue weighted by molar-refractivity contribution is 5.53. The molecule has 0 bridgehead atoms. The predicted molar refractivity (Wildman–Crippen MR) is 84.7 cm³/mol. The topological polar surface area (TPSA) is 39.7 Å². The summed E-state index contributed by atoms with van der Waals surface area (Å²) in [6.45, 7) is 4.36. The highest BCUT2D eigenvalue weighted by Crippen LogP contribution is 2.45. The van der Waals surface area contributed by atoms with E-state index in [2.05, 4.69) is 12.2 Å². The van der Waals surface area contributed by atoms with Crippen LogP contribution in [0, 0.1) is 5.92 Å². The predicted octanol–water partition coefficient (Wildman–Crippen LogP) is 3.21. The molecule has 1 heterocycles. The molecule has 1 aromatic carbocycles. The zero-order valence-corrected chi connectivity index (χ0v) is 13.6. The monoisotopic (exact) mass is 293 g/mol. The van der Waals surface area contributed by atoms with Gasteiger partial charge in [0, 0.05) is 17.7 Å². The van der Waals surface area contributed by atoms with E-state index in [1.807, 2.05) is 12.1 Å². The van der Waals surface area contributed by atoms with Crippen LogP contribution in [0.4, 0.5) is 0 Å². The van der Waals surface area contributed by atoms with Crippen LogP contribution in [0.1, 0.15) is 37.7 Å². The maximum atomic E-state index is 5.63. The molecule has 1 aliphatic heterocycles. The van der Waals surface area contributed by atoms with Gasteiger partial charge in [-0.05, 0) is 37.8 Å². The van der Waals surface area contributed by atoms with Crippen molar-refractivity contribution in [1.29, 1.82) is 0 Å². The van der Waals surface area contributed by atoms with E-state index < -0.39 is 0 Å². The second kappa shape index (κ2) is 7.55. The minimum absolute atomic E-state index is 0.474. The van der Waals surface area contributed by atoms with Crippen molar-refractivity contribution in [3.05, 3.63) is 17.7 Å². The van der Waals surface area contributed by atoms with E-state index in [9.17, 15) is 0 Å². The lowest BCUT2D eigenvalue weighted by Crippen LogP contribution is -2.35. The van der Waals surface area contributed by atoms with Crippen LogP contribution in [0.2, 0.25) is 0 Å². The number of methoxy groups -OCH3 is 3. The molecule has 0 aromatic heterocycles. The van der Waals surface area contributed by atoms with Gasteiger partial charge in [0.15, 0.2) is 0 Å². The Hall–Kier alpha value is -1.42. The van der Waals surface area contributed by atoms with Crippen LogP contribution < -0.4 is 19.5 Å². The van der Waals surface area contributed by atoms with E-state index in [0.29, 0.717) is 11.8 Å². The summed E-state index contributed by atoms with van der Waals surface area (Å²) in [6.07, 6.45) is 3.53. The molecule has 2 rings (SSSR count). The standard InChI is InChI=1S/C17H27NO3/c1-5-6-12-11-18-8-7-14(12)17-15(20-3)9-13(19-2)10-16(17)21-4/h9-10,12,14,18H,5-8,11H2,1-4H3. The van der Waals surface area contributed by atoms with Crippen molar-refractivity contribution in [2.45, 2.75) is 32.1 Å². The highest BCUT2D eigenvalue weighted by Gasteiger charge is 2.31. The largest absolute Gasteiger partial charge is 0.496 e. The summed E-state index contributed by atoms with van der Waals surface area (Å²) >= 11 is 0. The molecule has 4 nitrogen and oxygen atoms in total. The first-order valence-electron chi connectivity index (χ1n) is 7.75. The molecular formula is C17H27NO3. The van der Waals surface area contributed by atoms with Crippen molar-refractivity contribution < 1.29 is 14.2 Å².